The van der Waals surface area contributed by atoms with Crippen LogP contribution in [0.2, 0.25) is 0 Å². The first-order valence-electron chi connectivity index (χ1n) is 14.6. The van der Waals surface area contributed by atoms with Gasteiger partial charge in [-0.2, -0.15) is 18.3 Å². The fourth-order valence-corrected chi connectivity index (χ4v) is 5.61. The number of benzene rings is 3. The molecule has 0 saturated carbocycles. The zero-order valence-electron chi connectivity index (χ0n) is 26.5. The molecule has 262 valence electrons. The Morgan fingerprint density at radius 2 is 1.64 bits per heavy atom. The summed E-state index contributed by atoms with van der Waals surface area (Å²) >= 11 is 0. The molecule has 0 aliphatic carbocycles. The predicted molar refractivity (Wildman–Crippen MR) is 167 cm³/mol. The van der Waals surface area contributed by atoms with Gasteiger partial charge >= 0.3 is 12.3 Å². The number of nitrogens with zero attached hydrogens (tertiary/aromatic N) is 6. The highest BCUT2D eigenvalue weighted by Gasteiger charge is 2.40. The molecule has 1 unspecified atom stereocenters. The van der Waals surface area contributed by atoms with E-state index in [0.29, 0.717) is 5.56 Å². The molecule has 19 heteroatoms. The molecule has 0 fully saturated rings. The summed E-state index contributed by atoms with van der Waals surface area (Å²) in [5.74, 6) is -1.23. The van der Waals surface area contributed by atoms with Gasteiger partial charge in [0.25, 0.3) is 21.8 Å². The zero-order valence-corrected chi connectivity index (χ0v) is 27.3. The van der Waals surface area contributed by atoms with E-state index < -0.39 is 57.5 Å². The number of carbonyl (C=O) groups excluding carboxylic acids is 3. The number of aryl methyl sites for hydroxylation is 1. The maximum atomic E-state index is 13.5. The third-order valence-corrected chi connectivity index (χ3v) is 8.68. The molecular formula is C31H28F3N7O8S. The summed E-state index contributed by atoms with van der Waals surface area (Å²) in [7, 11) is -3.24. The zero-order chi connectivity index (χ0) is 36.4. The standard InChI is InChI=1S/C31H28F3N7O8S/c1-19-8-10-21(11-9-19)26-18-27(31(32,33)34)35-40(26)22-12-14-23(15-13-22)50(46,47)36-30(44)48-17-16-38(3)41(45)37-49-20(2)39-28(42)24-6-4-5-7-25(24)29(39)43/h4-15,18,20H,16-17H2,1-3H3,(H,36,44)/b41-37-. The summed E-state index contributed by atoms with van der Waals surface area (Å²) in [5, 5.41) is 20.2. The average molecular weight is 716 g/mol. The predicted octanol–water partition coefficient (Wildman–Crippen LogP) is 4.66. The number of fused-ring (bicyclic) bond motifs is 1. The molecule has 3 amide bonds. The van der Waals surface area contributed by atoms with E-state index in [4.69, 9.17) is 9.57 Å². The maximum Gasteiger partial charge on any atom is 0.435 e. The van der Waals surface area contributed by atoms with Gasteiger partial charge in [0, 0.05) is 5.56 Å². The third-order valence-electron chi connectivity index (χ3n) is 7.36. The smallest absolute Gasteiger partial charge is 0.435 e. The molecule has 0 saturated heterocycles. The molecule has 3 aromatic carbocycles. The van der Waals surface area contributed by atoms with Gasteiger partial charge in [0.2, 0.25) is 11.5 Å². The molecule has 0 radical (unpaired) electrons. The van der Waals surface area contributed by atoms with Gasteiger partial charge in [0.05, 0.1) is 39.4 Å². The number of alkyl halides is 3. The van der Waals surface area contributed by atoms with E-state index in [-0.39, 0.29) is 34.0 Å². The van der Waals surface area contributed by atoms with Gasteiger partial charge in [-0.25, -0.2) is 27.5 Å². The Hall–Kier alpha value is -5.98. The van der Waals surface area contributed by atoms with Crippen LogP contribution in [0, 0.1) is 12.1 Å². The van der Waals surface area contributed by atoms with Gasteiger partial charge in [-0.3, -0.25) is 9.59 Å². The van der Waals surface area contributed by atoms with Crippen LogP contribution in [0.5, 0.6) is 0 Å². The molecule has 4 aromatic rings. The van der Waals surface area contributed by atoms with E-state index in [1.54, 1.807) is 41.1 Å². The number of likely N-dealkylation sites (N-methyl/N-ethyl adjacent to an activating group) is 1. The van der Waals surface area contributed by atoms with E-state index >= 15 is 0 Å². The fourth-order valence-electron chi connectivity index (χ4n) is 4.72. The van der Waals surface area contributed by atoms with E-state index in [0.717, 1.165) is 38.4 Å². The lowest BCUT2D eigenvalue weighted by molar-refractivity contribution is -0.707. The highest BCUT2D eigenvalue weighted by Crippen LogP contribution is 2.33. The monoisotopic (exact) mass is 715 g/mol. The number of hydrazine groups is 1. The topological polar surface area (TPSA) is 179 Å². The number of sulfonamides is 1. The summed E-state index contributed by atoms with van der Waals surface area (Å²) in [6.45, 7) is 2.39. The van der Waals surface area contributed by atoms with Crippen molar-refractivity contribution in [3.8, 4) is 16.9 Å². The SMILES string of the molecule is Cc1ccc(-c2cc(C(F)(F)F)nn2-c2ccc(S(=O)(=O)NC(=O)OCCN(C)/[N+]([O-])=N/OC(C)N3C(=O)c4ccccc4C3=O)cc2)cc1. The van der Waals surface area contributed by atoms with Crippen LogP contribution in [0.25, 0.3) is 16.9 Å². The number of nitrogens with one attached hydrogen (secondary N) is 1. The Kier molecular flexibility index (Phi) is 9.80. The second kappa shape index (κ2) is 13.9. The Bertz CT molecular complexity index is 2030. The molecule has 1 aromatic heterocycles. The van der Waals surface area contributed by atoms with Crippen molar-refractivity contribution in [2.45, 2.75) is 31.1 Å². The molecule has 1 aliphatic rings. The number of hydrogen-bond donors (Lipinski definition) is 1. The minimum Gasteiger partial charge on any atom is -0.569 e. The van der Waals surface area contributed by atoms with Gasteiger partial charge in [0.15, 0.2) is 5.69 Å². The number of aromatic nitrogens is 2. The van der Waals surface area contributed by atoms with Crippen LogP contribution in [0.3, 0.4) is 0 Å². The number of carbonyl (C=O) groups is 3. The van der Waals surface area contributed by atoms with Crippen molar-refractivity contribution in [3.63, 3.8) is 0 Å². The Morgan fingerprint density at radius 1 is 1.04 bits per heavy atom. The Morgan fingerprint density at radius 3 is 2.22 bits per heavy atom. The first-order valence-corrected chi connectivity index (χ1v) is 16.1. The van der Waals surface area contributed by atoms with Gasteiger partial charge in [0.1, 0.15) is 13.2 Å². The van der Waals surface area contributed by atoms with Crippen molar-refractivity contribution in [1.82, 2.24) is 24.4 Å². The summed E-state index contributed by atoms with van der Waals surface area (Å²) in [5.41, 5.74) is 0.805. The van der Waals surface area contributed by atoms with Crippen LogP contribution >= 0.6 is 0 Å². The van der Waals surface area contributed by atoms with Gasteiger partial charge < -0.3 is 14.8 Å². The van der Waals surface area contributed by atoms with Crippen LogP contribution < -0.4 is 4.72 Å². The molecule has 0 bridgehead atoms. The molecule has 50 heavy (non-hydrogen) atoms. The molecule has 1 N–H and O–H groups in total. The number of ether oxygens (including phenoxy) is 1. The van der Waals surface area contributed by atoms with Crippen molar-refractivity contribution >= 4 is 27.9 Å². The normalized spacial score (nSPS) is 14.0. The summed E-state index contributed by atoms with van der Waals surface area (Å²) in [6.07, 6.45) is -7.35. The number of amides is 3. The first kappa shape index (κ1) is 35.3. The van der Waals surface area contributed by atoms with Crippen molar-refractivity contribution < 1.29 is 50.5 Å². The Labute approximate surface area is 282 Å². The largest absolute Gasteiger partial charge is 0.569 e. The number of halogens is 3. The van der Waals surface area contributed by atoms with E-state index in [1.807, 2.05) is 6.92 Å². The highest BCUT2D eigenvalue weighted by molar-refractivity contribution is 7.90. The van der Waals surface area contributed by atoms with Crippen LogP contribution in [-0.2, 0) is 25.8 Å². The van der Waals surface area contributed by atoms with Crippen LogP contribution in [0.15, 0.2) is 89.0 Å². The van der Waals surface area contributed by atoms with Crippen molar-refractivity contribution in [2.75, 3.05) is 20.2 Å². The molecule has 1 atom stereocenters. The van der Waals surface area contributed by atoms with E-state index in [9.17, 15) is 41.2 Å². The van der Waals surface area contributed by atoms with Crippen LogP contribution in [0.1, 0.15) is 38.9 Å². The lowest BCUT2D eigenvalue weighted by atomic mass is 10.1. The fraction of sp³-hybridized carbons (Fsp3) is 0.226. The molecule has 0 spiro atoms. The highest BCUT2D eigenvalue weighted by atomic mass is 32.2. The average Bonchev–Trinajstić information content (AvgIpc) is 3.63. The summed E-state index contributed by atoms with van der Waals surface area (Å²) in [4.78, 5) is 42.7. The molecule has 5 rings (SSSR count). The van der Waals surface area contributed by atoms with E-state index in [1.165, 1.54) is 38.2 Å². The van der Waals surface area contributed by atoms with Gasteiger partial charge in [-0.1, -0.05) is 42.0 Å². The second-order valence-corrected chi connectivity index (χ2v) is 12.6. The summed E-state index contributed by atoms with van der Waals surface area (Å²) in [6, 6.07) is 18.4. The quantitative estimate of drug-likeness (QED) is 0.0994. The van der Waals surface area contributed by atoms with Gasteiger partial charge in [-0.05, 0) is 56.3 Å². The number of hydrogen-bond acceptors (Lipinski definition) is 10. The molecule has 1 aliphatic heterocycles. The van der Waals surface area contributed by atoms with Crippen LogP contribution in [-0.4, -0.2) is 77.4 Å². The second-order valence-electron chi connectivity index (χ2n) is 10.9. The maximum absolute atomic E-state index is 13.5. The molecule has 2 heterocycles. The van der Waals surface area contributed by atoms with Crippen molar-refractivity contribution in [1.29, 1.82) is 0 Å². The van der Waals surface area contributed by atoms with Gasteiger partial charge in [-0.15, -0.1) is 5.01 Å². The first-order chi connectivity index (χ1) is 23.6. The van der Waals surface area contributed by atoms with E-state index in [2.05, 4.69) is 10.4 Å². The number of imide groups is 1. The molecule has 15 nitrogen and oxygen atoms in total. The van der Waals surface area contributed by atoms with Crippen molar-refractivity contribution in [2.24, 2.45) is 5.28 Å². The Balaban J connectivity index is 1.15. The number of rotatable bonds is 11. The third kappa shape index (κ3) is 7.51. The lowest BCUT2D eigenvalue weighted by Gasteiger charge is -2.19. The van der Waals surface area contributed by atoms with Crippen LogP contribution in [0.4, 0.5) is 18.0 Å². The molecular weight excluding hydrogens is 687 g/mol. The van der Waals surface area contributed by atoms with Crippen molar-refractivity contribution in [3.05, 3.63) is 106 Å². The summed E-state index contributed by atoms with van der Waals surface area (Å²) < 4.78 is 73.7. The lowest BCUT2D eigenvalue weighted by Crippen LogP contribution is -2.39. The minimum atomic E-state index is -4.73. The minimum absolute atomic E-state index is 0.0320.